The molecule has 8 nitrogen and oxygen atoms in total. The van der Waals surface area contributed by atoms with Crippen LogP contribution in [0.5, 0.6) is 11.5 Å². The summed E-state index contributed by atoms with van der Waals surface area (Å²) in [7, 11) is 0. The zero-order valence-corrected chi connectivity index (χ0v) is 17.6. The van der Waals surface area contributed by atoms with Gasteiger partial charge in [0.2, 0.25) is 11.6 Å². The van der Waals surface area contributed by atoms with Crippen molar-refractivity contribution < 1.29 is 34.4 Å². The molecule has 4 N–H and O–H groups in total. The van der Waals surface area contributed by atoms with Crippen LogP contribution in [0.1, 0.15) is 24.2 Å². The van der Waals surface area contributed by atoms with E-state index in [0.717, 1.165) is 5.56 Å². The molecular formula is C22H26ClNNa2O7. The van der Waals surface area contributed by atoms with Crippen LogP contribution in [0.25, 0.3) is 0 Å². The van der Waals surface area contributed by atoms with E-state index < -0.39 is 36.7 Å². The normalized spacial score (nSPS) is 15.1. The molecule has 2 aromatic carbocycles. The van der Waals surface area contributed by atoms with Crippen LogP contribution in [0.2, 0.25) is 5.02 Å². The van der Waals surface area contributed by atoms with Gasteiger partial charge in [-0.25, -0.2) is 0 Å². The van der Waals surface area contributed by atoms with E-state index >= 15 is 0 Å². The summed E-state index contributed by atoms with van der Waals surface area (Å²) >= 11 is 5.96. The second-order valence-corrected chi connectivity index (χ2v) is 7.79. The summed E-state index contributed by atoms with van der Waals surface area (Å²) < 4.78 is 10.9. The molecule has 0 radical (unpaired) electrons. The molecule has 0 saturated heterocycles. The molecule has 0 fully saturated rings. The van der Waals surface area contributed by atoms with Gasteiger partial charge in [0.05, 0.1) is 6.10 Å². The van der Waals surface area contributed by atoms with Crippen LogP contribution < -0.4 is 14.8 Å². The molecule has 2 atom stereocenters. The fourth-order valence-corrected chi connectivity index (χ4v) is 3.53. The van der Waals surface area contributed by atoms with Gasteiger partial charge in [-0.1, -0.05) is 29.8 Å². The number of ether oxygens (including phenoxy) is 2. The third kappa shape index (κ3) is 7.25. The fraction of sp³-hybridized carbons (Fsp3) is 0.364. The zero-order valence-electron chi connectivity index (χ0n) is 16.9. The minimum absolute atomic E-state index is 0. The number of aliphatic hydroxyl groups excluding tert-OH is 3. The van der Waals surface area contributed by atoms with E-state index in [-0.39, 0.29) is 76.7 Å². The van der Waals surface area contributed by atoms with Crippen molar-refractivity contribution in [3.05, 3.63) is 58.6 Å². The molecule has 0 spiro atoms. The van der Waals surface area contributed by atoms with Gasteiger partial charge in [0.25, 0.3) is 0 Å². The first-order valence-electron chi connectivity index (χ1n) is 9.75. The minimum atomic E-state index is -2.37. The van der Waals surface area contributed by atoms with Crippen molar-refractivity contribution in [1.29, 1.82) is 0 Å². The first-order valence-corrected chi connectivity index (χ1v) is 10.1. The summed E-state index contributed by atoms with van der Waals surface area (Å²) in [6, 6.07) is 12.0. The number of nitrogens with one attached hydrogen (secondary N) is 1. The number of carbonyl (C=O) groups is 2. The molecule has 0 amide bonds. The predicted octanol–water partition coefficient (Wildman–Crippen LogP) is -0.112. The molecule has 33 heavy (non-hydrogen) atoms. The van der Waals surface area contributed by atoms with Gasteiger partial charge in [-0.05, 0) is 48.7 Å². The average molecular weight is 498 g/mol. The molecule has 0 saturated carbocycles. The molecular weight excluding hydrogens is 472 g/mol. The van der Waals surface area contributed by atoms with Crippen LogP contribution in [0.15, 0.2) is 42.5 Å². The van der Waals surface area contributed by atoms with Crippen LogP contribution in [-0.2, 0) is 16.0 Å². The van der Waals surface area contributed by atoms with Gasteiger partial charge in [-0.15, -0.1) is 0 Å². The molecule has 0 aromatic heterocycles. The Hall–Kier alpha value is -0.490. The van der Waals surface area contributed by atoms with Crippen LogP contribution in [0.4, 0.5) is 0 Å². The number of hydrogen-bond donors (Lipinski definition) is 4. The van der Waals surface area contributed by atoms with Crippen molar-refractivity contribution >= 4 is 82.3 Å². The molecule has 0 aliphatic carbocycles. The Kier molecular flexibility index (Phi) is 12.5. The van der Waals surface area contributed by atoms with Crippen LogP contribution in [0.3, 0.4) is 0 Å². The molecule has 1 aliphatic heterocycles. The van der Waals surface area contributed by atoms with Gasteiger partial charge in [0.1, 0.15) is 13.2 Å². The Morgan fingerprint density at radius 3 is 2.27 bits per heavy atom. The number of aliphatic hydroxyl groups is 3. The summed E-state index contributed by atoms with van der Waals surface area (Å²) in [6.07, 6.45) is -0.152. The molecule has 3 rings (SSSR count). The zero-order chi connectivity index (χ0) is 22.6. The molecule has 170 valence electrons. The van der Waals surface area contributed by atoms with Gasteiger partial charge in [-0.2, -0.15) is 0 Å². The Morgan fingerprint density at radius 2 is 1.67 bits per heavy atom. The second kappa shape index (κ2) is 13.6. The number of hydrogen-bond acceptors (Lipinski definition) is 8. The predicted molar refractivity (Wildman–Crippen MR) is 126 cm³/mol. The SMILES string of the molecule is CC(Cc1ccc2c(c1)OC(C(=O)CO)(C(=O)CO)O2)NCC(O)c1cccc(Cl)c1.[NaH].[NaH]. The van der Waals surface area contributed by atoms with E-state index in [0.29, 0.717) is 23.6 Å². The van der Waals surface area contributed by atoms with E-state index in [9.17, 15) is 24.9 Å². The third-order valence-corrected chi connectivity index (χ3v) is 5.21. The van der Waals surface area contributed by atoms with Gasteiger partial charge >= 0.3 is 64.9 Å². The topological polar surface area (TPSA) is 125 Å². The van der Waals surface area contributed by atoms with Crippen molar-refractivity contribution in [2.75, 3.05) is 19.8 Å². The standard InChI is InChI=1S/C22H24ClNO7.2Na.2H/c1-13(24-10-17(27)15-3-2-4-16(23)9-15)7-14-5-6-18-19(8-14)31-22(30-18,20(28)11-25)21(29)12-26;;;;/h2-6,8-9,13,17,24-27H,7,10-12H2,1H3;;;;. The maximum atomic E-state index is 12.1. The molecule has 0 bridgehead atoms. The molecule has 1 aliphatic rings. The number of Topliss-reactive ketones (excluding diaryl/α,β-unsaturated/α-hetero) is 2. The molecule has 2 unspecified atom stereocenters. The van der Waals surface area contributed by atoms with E-state index in [1.807, 2.05) is 6.92 Å². The first kappa shape index (κ1) is 30.5. The summed E-state index contributed by atoms with van der Waals surface area (Å²) in [6.45, 7) is 0.334. The van der Waals surface area contributed by atoms with E-state index in [2.05, 4.69) is 5.32 Å². The van der Waals surface area contributed by atoms with Crippen LogP contribution in [-0.4, -0.2) is 118 Å². The maximum absolute atomic E-state index is 12.1. The molecule has 1 heterocycles. The summed E-state index contributed by atoms with van der Waals surface area (Å²) in [5, 5.41) is 32.5. The van der Waals surface area contributed by atoms with Crippen molar-refractivity contribution in [3.8, 4) is 11.5 Å². The monoisotopic (exact) mass is 497 g/mol. The van der Waals surface area contributed by atoms with Crippen molar-refractivity contribution in [2.45, 2.75) is 31.3 Å². The summed E-state index contributed by atoms with van der Waals surface area (Å²) in [5.74, 6) is -4.00. The number of halogens is 1. The van der Waals surface area contributed by atoms with Gasteiger partial charge in [-0.3, -0.25) is 9.59 Å². The van der Waals surface area contributed by atoms with Crippen molar-refractivity contribution in [1.82, 2.24) is 5.32 Å². The van der Waals surface area contributed by atoms with E-state index in [4.69, 9.17) is 21.1 Å². The Balaban J connectivity index is 0.00000272. The fourth-order valence-electron chi connectivity index (χ4n) is 3.34. The molecule has 2 aromatic rings. The number of fused-ring (bicyclic) bond motifs is 1. The Labute approximate surface area is 241 Å². The second-order valence-electron chi connectivity index (χ2n) is 7.35. The van der Waals surface area contributed by atoms with Crippen molar-refractivity contribution in [3.63, 3.8) is 0 Å². The number of carbonyl (C=O) groups excluding carboxylic acids is 2. The van der Waals surface area contributed by atoms with E-state index in [1.165, 1.54) is 0 Å². The number of benzene rings is 2. The van der Waals surface area contributed by atoms with Gasteiger partial charge < -0.3 is 30.1 Å². The first-order chi connectivity index (χ1) is 14.8. The van der Waals surface area contributed by atoms with Crippen LogP contribution >= 0.6 is 11.6 Å². The third-order valence-electron chi connectivity index (χ3n) is 4.97. The number of ketones is 2. The summed E-state index contributed by atoms with van der Waals surface area (Å²) in [5.41, 5.74) is 1.55. The van der Waals surface area contributed by atoms with E-state index in [1.54, 1.807) is 42.5 Å². The molecule has 11 heteroatoms. The quantitative estimate of drug-likeness (QED) is 0.265. The van der Waals surface area contributed by atoms with Gasteiger partial charge in [0, 0.05) is 17.6 Å². The Morgan fingerprint density at radius 1 is 1.03 bits per heavy atom. The Bertz CT molecular complexity index is 960. The average Bonchev–Trinajstić information content (AvgIpc) is 3.16. The van der Waals surface area contributed by atoms with Gasteiger partial charge in [0.15, 0.2) is 11.5 Å². The summed E-state index contributed by atoms with van der Waals surface area (Å²) in [4.78, 5) is 24.2. The number of rotatable bonds is 10. The van der Waals surface area contributed by atoms with Crippen LogP contribution in [0, 0.1) is 0 Å². The van der Waals surface area contributed by atoms with Crippen molar-refractivity contribution in [2.24, 2.45) is 0 Å².